The van der Waals surface area contributed by atoms with Crippen molar-refractivity contribution < 1.29 is 8.78 Å². The molecule has 2 nitrogen and oxygen atoms in total. The average molecular weight is 268 g/mol. The second kappa shape index (κ2) is 6.44. The number of hydrogen-bond acceptors (Lipinski definition) is 2. The third kappa shape index (κ3) is 4.25. The van der Waals surface area contributed by atoms with Crippen LogP contribution in [0.3, 0.4) is 0 Å². The van der Waals surface area contributed by atoms with E-state index in [2.05, 4.69) is 17.3 Å². The third-order valence-corrected chi connectivity index (χ3v) is 3.94. The SMILES string of the molecule is CC(NCC1CCN(C)CC1)c1cc(F)cc(F)c1. The van der Waals surface area contributed by atoms with Gasteiger partial charge in [-0.3, -0.25) is 0 Å². The first-order valence-corrected chi connectivity index (χ1v) is 6.92. The highest BCUT2D eigenvalue weighted by molar-refractivity contribution is 5.20. The fourth-order valence-electron chi connectivity index (χ4n) is 2.55. The number of likely N-dealkylation sites (tertiary alicyclic amines) is 1. The zero-order chi connectivity index (χ0) is 13.8. The third-order valence-electron chi connectivity index (χ3n) is 3.94. The summed E-state index contributed by atoms with van der Waals surface area (Å²) >= 11 is 0. The van der Waals surface area contributed by atoms with E-state index in [0.29, 0.717) is 11.5 Å². The molecule has 1 fully saturated rings. The van der Waals surface area contributed by atoms with E-state index in [9.17, 15) is 8.78 Å². The molecule has 1 aromatic carbocycles. The van der Waals surface area contributed by atoms with Crippen LogP contribution in [0.15, 0.2) is 18.2 Å². The monoisotopic (exact) mass is 268 g/mol. The maximum Gasteiger partial charge on any atom is 0.126 e. The van der Waals surface area contributed by atoms with Crippen molar-refractivity contribution in [2.45, 2.75) is 25.8 Å². The maximum absolute atomic E-state index is 13.2. The van der Waals surface area contributed by atoms with Crippen molar-refractivity contribution in [2.75, 3.05) is 26.7 Å². The largest absolute Gasteiger partial charge is 0.310 e. The highest BCUT2D eigenvalue weighted by Crippen LogP contribution is 2.19. The summed E-state index contributed by atoms with van der Waals surface area (Å²) in [5.41, 5.74) is 0.672. The molecule has 106 valence electrons. The van der Waals surface area contributed by atoms with Gasteiger partial charge in [-0.1, -0.05) is 0 Å². The zero-order valence-corrected chi connectivity index (χ0v) is 11.6. The van der Waals surface area contributed by atoms with Crippen LogP contribution in [0.1, 0.15) is 31.4 Å². The highest BCUT2D eigenvalue weighted by Gasteiger charge is 2.17. The predicted molar refractivity (Wildman–Crippen MR) is 73.0 cm³/mol. The molecule has 1 aliphatic heterocycles. The van der Waals surface area contributed by atoms with E-state index in [1.807, 2.05) is 6.92 Å². The molecular formula is C15H22F2N2. The van der Waals surface area contributed by atoms with E-state index in [-0.39, 0.29) is 6.04 Å². The summed E-state index contributed by atoms with van der Waals surface area (Å²) in [5.74, 6) is -0.358. The molecule has 1 atom stereocenters. The van der Waals surface area contributed by atoms with Crippen molar-refractivity contribution in [1.29, 1.82) is 0 Å². The molecule has 2 rings (SSSR count). The molecule has 1 saturated heterocycles. The second-order valence-corrected chi connectivity index (χ2v) is 5.58. The minimum atomic E-state index is -0.511. The Morgan fingerprint density at radius 3 is 2.37 bits per heavy atom. The van der Waals surface area contributed by atoms with Gasteiger partial charge in [0.05, 0.1) is 0 Å². The number of benzene rings is 1. The molecule has 1 aliphatic rings. The summed E-state index contributed by atoms with van der Waals surface area (Å²) < 4.78 is 26.3. The van der Waals surface area contributed by atoms with E-state index in [1.165, 1.54) is 25.0 Å². The number of piperidine rings is 1. The van der Waals surface area contributed by atoms with Gasteiger partial charge in [-0.05, 0) is 70.1 Å². The molecule has 0 aromatic heterocycles. The summed E-state index contributed by atoms with van der Waals surface area (Å²) in [6.07, 6.45) is 2.38. The normalized spacial score (nSPS) is 19.6. The molecule has 1 heterocycles. The molecule has 1 aromatic rings. The fourth-order valence-corrected chi connectivity index (χ4v) is 2.55. The van der Waals surface area contributed by atoms with Crippen molar-refractivity contribution in [2.24, 2.45) is 5.92 Å². The van der Waals surface area contributed by atoms with E-state index < -0.39 is 11.6 Å². The fraction of sp³-hybridized carbons (Fsp3) is 0.600. The van der Waals surface area contributed by atoms with Gasteiger partial charge in [0.2, 0.25) is 0 Å². The highest BCUT2D eigenvalue weighted by atomic mass is 19.1. The standard InChI is InChI=1S/C15H22F2N2/c1-11(13-7-14(16)9-15(17)8-13)18-10-12-3-5-19(2)6-4-12/h7-9,11-12,18H,3-6,10H2,1-2H3. The van der Waals surface area contributed by atoms with Gasteiger partial charge < -0.3 is 10.2 Å². The molecule has 0 bridgehead atoms. The van der Waals surface area contributed by atoms with Crippen LogP contribution in [-0.4, -0.2) is 31.6 Å². The maximum atomic E-state index is 13.2. The Morgan fingerprint density at radius 1 is 1.21 bits per heavy atom. The number of nitrogens with zero attached hydrogens (tertiary/aromatic N) is 1. The predicted octanol–water partition coefficient (Wildman–Crippen LogP) is 2.96. The number of rotatable bonds is 4. The summed E-state index contributed by atoms with van der Waals surface area (Å²) in [5, 5.41) is 3.39. The van der Waals surface area contributed by atoms with E-state index in [0.717, 1.165) is 25.7 Å². The van der Waals surface area contributed by atoms with Crippen LogP contribution in [0.4, 0.5) is 8.78 Å². The Labute approximate surface area is 113 Å². The molecule has 4 heteroatoms. The Kier molecular flexibility index (Phi) is 4.88. The van der Waals surface area contributed by atoms with Crippen molar-refractivity contribution in [3.63, 3.8) is 0 Å². The summed E-state index contributed by atoms with van der Waals surface area (Å²) in [7, 11) is 2.14. The van der Waals surface area contributed by atoms with Crippen molar-refractivity contribution in [3.05, 3.63) is 35.4 Å². The van der Waals surface area contributed by atoms with Gasteiger partial charge in [-0.25, -0.2) is 8.78 Å². The quantitative estimate of drug-likeness (QED) is 0.903. The van der Waals surface area contributed by atoms with Gasteiger partial charge in [0, 0.05) is 12.1 Å². The van der Waals surface area contributed by atoms with Gasteiger partial charge in [-0.2, -0.15) is 0 Å². The van der Waals surface area contributed by atoms with Crippen molar-refractivity contribution in [1.82, 2.24) is 10.2 Å². The lowest BCUT2D eigenvalue weighted by Crippen LogP contribution is -2.35. The zero-order valence-electron chi connectivity index (χ0n) is 11.6. The Morgan fingerprint density at radius 2 is 1.79 bits per heavy atom. The van der Waals surface area contributed by atoms with E-state index in [1.54, 1.807) is 0 Å². The van der Waals surface area contributed by atoms with Gasteiger partial charge in [-0.15, -0.1) is 0 Å². The topological polar surface area (TPSA) is 15.3 Å². The molecule has 0 saturated carbocycles. The first-order chi connectivity index (χ1) is 9.04. The van der Waals surface area contributed by atoms with E-state index >= 15 is 0 Å². The van der Waals surface area contributed by atoms with Crippen LogP contribution in [0.5, 0.6) is 0 Å². The minimum absolute atomic E-state index is 0.0233. The molecule has 0 radical (unpaired) electrons. The average Bonchev–Trinajstić information content (AvgIpc) is 2.36. The number of nitrogens with one attached hydrogen (secondary N) is 1. The van der Waals surface area contributed by atoms with Gasteiger partial charge >= 0.3 is 0 Å². The van der Waals surface area contributed by atoms with Crippen molar-refractivity contribution >= 4 is 0 Å². The lowest BCUT2D eigenvalue weighted by atomic mass is 9.96. The second-order valence-electron chi connectivity index (χ2n) is 5.58. The van der Waals surface area contributed by atoms with Crippen LogP contribution in [0, 0.1) is 17.6 Å². The van der Waals surface area contributed by atoms with Crippen LogP contribution in [0.25, 0.3) is 0 Å². The van der Waals surface area contributed by atoms with Crippen LogP contribution in [-0.2, 0) is 0 Å². The van der Waals surface area contributed by atoms with Crippen LogP contribution < -0.4 is 5.32 Å². The molecule has 0 amide bonds. The Balaban J connectivity index is 1.85. The van der Waals surface area contributed by atoms with Gasteiger partial charge in [0.1, 0.15) is 11.6 Å². The van der Waals surface area contributed by atoms with Gasteiger partial charge in [0.25, 0.3) is 0 Å². The number of hydrogen-bond donors (Lipinski definition) is 1. The summed E-state index contributed by atoms with van der Waals surface area (Å²) in [6.45, 7) is 5.13. The van der Waals surface area contributed by atoms with Gasteiger partial charge in [0.15, 0.2) is 0 Å². The molecule has 1 unspecified atom stereocenters. The first kappa shape index (κ1) is 14.4. The Hall–Kier alpha value is -1.00. The van der Waals surface area contributed by atoms with Crippen molar-refractivity contribution in [3.8, 4) is 0 Å². The van der Waals surface area contributed by atoms with Crippen LogP contribution >= 0.6 is 0 Å². The minimum Gasteiger partial charge on any atom is -0.310 e. The molecule has 0 aliphatic carbocycles. The van der Waals surface area contributed by atoms with Crippen LogP contribution in [0.2, 0.25) is 0 Å². The molecule has 19 heavy (non-hydrogen) atoms. The van der Waals surface area contributed by atoms with E-state index in [4.69, 9.17) is 0 Å². The lowest BCUT2D eigenvalue weighted by Gasteiger charge is -2.30. The smallest absolute Gasteiger partial charge is 0.126 e. The molecule has 0 spiro atoms. The first-order valence-electron chi connectivity index (χ1n) is 6.92. The number of halogens is 2. The molecule has 1 N–H and O–H groups in total. The molecular weight excluding hydrogens is 246 g/mol. The lowest BCUT2D eigenvalue weighted by molar-refractivity contribution is 0.213. The Bertz CT molecular complexity index is 394. The summed E-state index contributed by atoms with van der Waals surface area (Å²) in [6, 6.07) is 3.68. The summed E-state index contributed by atoms with van der Waals surface area (Å²) in [4.78, 5) is 2.34.